The highest BCUT2D eigenvalue weighted by molar-refractivity contribution is 6.33. The molecule has 0 aliphatic heterocycles. The van der Waals surface area contributed by atoms with E-state index in [1.807, 2.05) is 0 Å². The van der Waals surface area contributed by atoms with Gasteiger partial charge in [0.15, 0.2) is 0 Å². The first-order valence-corrected chi connectivity index (χ1v) is 5.52. The van der Waals surface area contributed by atoms with Crippen molar-refractivity contribution in [1.82, 2.24) is 5.16 Å². The Morgan fingerprint density at radius 1 is 1.50 bits per heavy atom. The van der Waals surface area contributed by atoms with Crippen LogP contribution in [-0.2, 0) is 6.61 Å². The molecule has 0 atom stereocenters. The van der Waals surface area contributed by atoms with E-state index in [4.69, 9.17) is 26.0 Å². The second-order valence-corrected chi connectivity index (χ2v) is 4.07. The molecule has 5 nitrogen and oxygen atoms in total. The van der Waals surface area contributed by atoms with E-state index in [9.17, 15) is 4.79 Å². The van der Waals surface area contributed by atoms with Crippen molar-refractivity contribution in [3.63, 3.8) is 0 Å². The minimum Gasteiger partial charge on any atom is -0.487 e. The van der Waals surface area contributed by atoms with Crippen LogP contribution in [0.5, 0.6) is 5.75 Å². The summed E-state index contributed by atoms with van der Waals surface area (Å²) < 4.78 is 10.3. The molecule has 1 aromatic heterocycles. The van der Waals surface area contributed by atoms with Crippen LogP contribution in [0.3, 0.4) is 0 Å². The van der Waals surface area contributed by atoms with Gasteiger partial charge in [0.1, 0.15) is 23.8 Å². The largest absolute Gasteiger partial charge is 0.487 e. The number of aryl methyl sites for hydroxylation is 1. The number of carboxylic acid groups (broad SMARTS) is 1. The number of ether oxygens (including phenoxy) is 1. The lowest BCUT2D eigenvalue weighted by Crippen LogP contribution is -2.00. The maximum absolute atomic E-state index is 10.9. The van der Waals surface area contributed by atoms with E-state index in [1.165, 1.54) is 12.1 Å². The van der Waals surface area contributed by atoms with Gasteiger partial charge in [-0.05, 0) is 25.1 Å². The van der Waals surface area contributed by atoms with Gasteiger partial charge in [0.05, 0.1) is 10.6 Å². The van der Waals surface area contributed by atoms with Crippen molar-refractivity contribution in [3.8, 4) is 5.75 Å². The summed E-state index contributed by atoms with van der Waals surface area (Å²) >= 11 is 5.75. The maximum Gasteiger partial charge on any atom is 0.337 e. The normalized spacial score (nSPS) is 10.3. The van der Waals surface area contributed by atoms with Gasteiger partial charge in [-0.3, -0.25) is 0 Å². The van der Waals surface area contributed by atoms with Crippen LogP contribution in [0.2, 0.25) is 5.02 Å². The van der Waals surface area contributed by atoms with Gasteiger partial charge >= 0.3 is 5.97 Å². The number of rotatable bonds is 4. The van der Waals surface area contributed by atoms with E-state index in [0.717, 1.165) is 0 Å². The van der Waals surface area contributed by atoms with Gasteiger partial charge in [0, 0.05) is 6.07 Å². The van der Waals surface area contributed by atoms with Crippen LogP contribution in [0, 0.1) is 6.92 Å². The van der Waals surface area contributed by atoms with Crippen molar-refractivity contribution in [2.24, 2.45) is 0 Å². The number of aromatic carboxylic acids is 1. The molecular weight excluding hydrogens is 258 g/mol. The summed E-state index contributed by atoms with van der Waals surface area (Å²) in [4.78, 5) is 10.9. The van der Waals surface area contributed by atoms with Gasteiger partial charge in [0.2, 0.25) is 0 Å². The van der Waals surface area contributed by atoms with Gasteiger partial charge in [0.25, 0.3) is 0 Å². The van der Waals surface area contributed by atoms with E-state index in [0.29, 0.717) is 17.2 Å². The number of nitrogens with zero attached hydrogens (tertiary/aromatic N) is 1. The van der Waals surface area contributed by atoms with Crippen molar-refractivity contribution in [2.75, 3.05) is 0 Å². The summed E-state index contributed by atoms with van der Waals surface area (Å²) in [7, 11) is 0. The summed E-state index contributed by atoms with van der Waals surface area (Å²) in [6.07, 6.45) is 0. The predicted octanol–water partition coefficient (Wildman–Crippen LogP) is 2.91. The van der Waals surface area contributed by atoms with E-state index >= 15 is 0 Å². The Morgan fingerprint density at radius 2 is 2.28 bits per heavy atom. The molecule has 1 N–H and O–H groups in total. The Labute approximate surface area is 108 Å². The fraction of sp³-hybridized carbons (Fsp3) is 0.167. The molecule has 1 aromatic carbocycles. The minimum absolute atomic E-state index is 0.00509. The van der Waals surface area contributed by atoms with Crippen LogP contribution in [0.1, 0.15) is 21.8 Å². The molecule has 0 spiro atoms. The molecule has 0 amide bonds. The zero-order valence-corrected chi connectivity index (χ0v) is 10.3. The monoisotopic (exact) mass is 267 g/mol. The van der Waals surface area contributed by atoms with Crippen LogP contribution < -0.4 is 4.74 Å². The number of carbonyl (C=O) groups is 1. The van der Waals surface area contributed by atoms with Gasteiger partial charge in [-0.2, -0.15) is 0 Å². The average molecular weight is 268 g/mol. The molecular formula is C12H10ClNO4. The molecule has 0 aliphatic carbocycles. The van der Waals surface area contributed by atoms with E-state index < -0.39 is 5.97 Å². The van der Waals surface area contributed by atoms with E-state index in [-0.39, 0.29) is 17.2 Å². The Hall–Kier alpha value is -2.01. The van der Waals surface area contributed by atoms with Gasteiger partial charge in [-0.1, -0.05) is 16.8 Å². The Kier molecular flexibility index (Phi) is 3.53. The van der Waals surface area contributed by atoms with Crippen molar-refractivity contribution in [3.05, 3.63) is 46.3 Å². The van der Waals surface area contributed by atoms with E-state index in [2.05, 4.69) is 5.16 Å². The second kappa shape index (κ2) is 5.10. The molecule has 0 saturated heterocycles. The zero-order chi connectivity index (χ0) is 13.1. The second-order valence-electron chi connectivity index (χ2n) is 3.66. The van der Waals surface area contributed by atoms with Crippen LogP contribution >= 0.6 is 11.6 Å². The van der Waals surface area contributed by atoms with Crippen LogP contribution in [0.25, 0.3) is 0 Å². The Bertz CT molecular complexity index is 579. The summed E-state index contributed by atoms with van der Waals surface area (Å²) in [5.41, 5.74) is 0.643. The highest BCUT2D eigenvalue weighted by Gasteiger charge is 2.10. The number of benzene rings is 1. The molecule has 6 heteroatoms. The number of carboxylic acids is 1. The molecule has 18 heavy (non-hydrogen) atoms. The standard InChI is InChI=1S/C12H10ClNO4/c1-7-4-8(14-18-7)6-17-9-2-3-11(13)10(5-9)12(15)16/h2-5H,6H2,1H3,(H,15,16). The third kappa shape index (κ3) is 2.81. The quantitative estimate of drug-likeness (QED) is 0.922. The van der Waals surface area contributed by atoms with Crippen molar-refractivity contribution >= 4 is 17.6 Å². The number of hydrogen-bond donors (Lipinski definition) is 1. The molecule has 0 bridgehead atoms. The zero-order valence-electron chi connectivity index (χ0n) is 9.51. The van der Waals surface area contributed by atoms with Gasteiger partial charge < -0.3 is 14.4 Å². The third-order valence-electron chi connectivity index (χ3n) is 2.23. The average Bonchev–Trinajstić information content (AvgIpc) is 2.74. The molecule has 2 aromatic rings. The molecule has 0 unspecified atom stereocenters. The fourth-order valence-corrected chi connectivity index (χ4v) is 1.60. The molecule has 2 rings (SSSR count). The van der Waals surface area contributed by atoms with Crippen molar-refractivity contribution in [1.29, 1.82) is 0 Å². The van der Waals surface area contributed by atoms with Crippen LogP contribution in [0.4, 0.5) is 0 Å². The van der Waals surface area contributed by atoms with Crippen molar-refractivity contribution in [2.45, 2.75) is 13.5 Å². The summed E-state index contributed by atoms with van der Waals surface area (Å²) in [5, 5.41) is 12.8. The SMILES string of the molecule is Cc1cc(COc2ccc(Cl)c(C(=O)O)c2)no1. The fourth-order valence-electron chi connectivity index (χ4n) is 1.40. The van der Waals surface area contributed by atoms with Gasteiger partial charge in [-0.15, -0.1) is 0 Å². The topological polar surface area (TPSA) is 72.6 Å². The van der Waals surface area contributed by atoms with Crippen molar-refractivity contribution < 1.29 is 19.2 Å². The first-order valence-electron chi connectivity index (χ1n) is 5.14. The maximum atomic E-state index is 10.9. The lowest BCUT2D eigenvalue weighted by molar-refractivity contribution is 0.0696. The molecule has 0 aliphatic rings. The minimum atomic E-state index is -1.09. The smallest absolute Gasteiger partial charge is 0.337 e. The highest BCUT2D eigenvalue weighted by Crippen LogP contribution is 2.22. The highest BCUT2D eigenvalue weighted by atomic mass is 35.5. The molecule has 1 heterocycles. The van der Waals surface area contributed by atoms with E-state index in [1.54, 1.807) is 19.1 Å². The first-order chi connectivity index (χ1) is 8.56. The number of hydrogen-bond acceptors (Lipinski definition) is 4. The van der Waals surface area contributed by atoms with Crippen LogP contribution in [0.15, 0.2) is 28.8 Å². The first kappa shape index (κ1) is 12.4. The summed E-state index contributed by atoms with van der Waals surface area (Å²) in [5.74, 6) is 0.0103. The Balaban J connectivity index is 2.10. The number of halogens is 1. The lowest BCUT2D eigenvalue weighted by Gasteiger charge is -2.05. The predicted molar refractivity (Wildman–Crippen MR) is 64.0 cm³/mol. The lowest BCUT2D eigenvalue weighted by atomic mass is 10.2. The molecule has 0 saturated carbocycles. The number of aromatic nitrogens is 1. The molecule has 0 radical (unpaired) electrons. The molecule has 94 valence electrons. The third-order valence-corrected chi connectivity index (χ3v) is 2.56. The molecule has 0 fully saturated rings. The summed E-state index contributed by atoms with van der Waals surface area (Å²) in [6, 6.07) is 6.20. The van der Waals surface area contributed by atoms with Crippen LogP contribution in [-0.4, -0.2) is 16.2 Å². The van der Waals surface area contributed by atoms with Gasteiger partial charge in [-0.25, -0.2) is 4.79 Å². The summed E-state index contributed by atoms with van der Waals surface area (Å²) in [6.45, 7) is 1.99. The Morgan fingerprint density at radius 3 is 2.89 bits per heavy atom.